The Morgan fingerprint density at radius 1 is 1.24 bits per heavy atom. The SMILES string of the molecule is Cc1cc(Oc2nc(C(N)=O)ccc2N)ccc1C(C)C. The topological polar surface area (TPSA) is 91.2 Å². The first-order valence-electron chi connectivity index (χ1n) is 6.73. The van der Waals surface area contributed by atoms with Crippen LogP contribution in [0.25, 0.3) is 0 Å². The summed E-state index contributed by atoms with van der Waals surface area (Å²) in [5, 5.41) is 0. The van der Waals surface area contributed by atoms with Crippen molar-refractivity contribution >= 4 is 11.6 Å². The summed E-state index contributed by atoms with van der Waals surface area (Å²) in [4.78, 5) is 15.2. The highest BCUT2D eigenvalue weighted by Gasteiger charge is 2.10. The molecular formula is C16H19N3O2. The molecule has 2 rings (SSSR count). The second kappa shape index (κ2) is 5.83. The van der Waals surface area contributed by atoms with Gasteiger partial charge in [-0.1, -0.05) is 19.9 Å². The fraction of sp³-hybridized carbons (Fsp3) is 0.250. The summed E-state index contributed by atoms with van der Waals surface area (Å²) in [6.45, 7) is 6.30. The summed E-state index contributed by atoms with van der Waals surface area (Å²) in [6, 6.07) is 8.83. The molecule has 0 spiro atoms. The molecule has 0 fully saturated rings. The molecule has 0 saturated heterocycles. The van der Waals surface area contributed by atoms with Crippen LogP contribution < -0.4 is 16.2 Å². The van der Waals surface area contributed by atoms with E-state index in [1.807, 2.05) is 25.1 Å². The van der Waals surface area contributed by atoms with E-state index in [1.165, 1.54) is 11.6 Å². The standard InChI is InChI=1S/C16H19N3O2/c1-9(2)12-5-4-11(8-10(12)3)21-16-13(17)6-7-14(19-16)15(18)20/h4-9H,17H2,1-3H3,(H2,18,20). The molecule has 0 aliphatic carbocycles. The van der Waals surface area contributed by atoms with E-state index < -0.39 is 5.91 Å². The van der Waals surface area contributed by atoms with Crippen molar-refractivity contribution in [3.8, 4) is 11.6 Å². The molecule has 0 saturated carbocycles. The van der Waals surface area contributed by atoms with Crippen molar-refractivity contribution in [3.05, 3.63) is 47.2 Å². The van der Waals surface area contributed by atoms with Crippen molar-refractivity contribution in [2.45, 2.75) is 26.7 Å². The maximum Gasteiger partial charge on any atom is 0.267 e. The first kappa shape index (κ1) is 14.8. The molecule has 0 aliphatic rings. The number of carbonyl (C=O) groups excluding carboxylic acids is 1. The number of primary amides is 1. The average Bonchev–Trinajstić information content (AvgIpc) is 2.40. The number of aromatic nitrogens is 1. The van der Waals surface area contributed by atoms with E-state index in [0.29, 0.717) is 17.4 Å². The third-order valence-electron chi connectivity index (χ3n) is 3.22. The van der Waals surface area contributed by atoms with E-state index in [4.69, 9.17) is 16.2 Å². The fourth-order valence-electron chi connectivity index (χ4n) is 2.14. The minimum Gasteiger partial charge on any atom is -0.437 e. The van der Waals surface area contributed by atoms with Crippen molar-refractivity contribution in [3.63, 3.8) is 0 Å². The monoisotopic (exact) mass is 285 g/mol. The molecule has 4 N–H and O–H groups in total. The number of benzene rings is 1. The van der Waals surface area contributed by atoms with Gasteiger partial charge in [0.2, 0.25) is 5.88 Å². The van der Waals surface area contributed by atoms with Crippen molar-refractivity contribution in [1.82, 2.24) is 4.98 Å². The molecule has 21 heavy (non-hydrogen) atoms. The third kappa shape index (κ3) is 3.31. The maximum atomic E-state index is 11.2. The molecule has 0 atom stereocenters. The Morgan fingerprint density at radius 2 is 1.95 bits per heavy atom. The Morgan fingerprint density at radius 3 is 2.52 bits per heavy atom. The molecule has 0 unspecified atom stereocenters. The van der Waals surface area contributed by atoms with Crippen LogP contribution in [0.1, 0.15) is 41.4 Å². The van der Waals surface area contributed by atoms with Gasteiger partial charge in [-0.25, -0.2) is 4.98 Å². The van der Waals surface area contributed by atoms with Crippen LogP contribution in [0.2, 0.25) is 0 Å². The van der Waals surface area contributed by atoms with Crippen molar-refractivity contribution in [2.24, 2.45) is 5.73 Å². The number of anilines is 1. The number of amides is 1. The number of nitrogens with two attached hydrogens (primary N) is 2. The summed E-state index contributed by atoms with van der Waals surface area (Å²) in [7, 11) is 0. The number of nitrogen functional groups attached to an aromatic ring is 1. The van der Waals surface area contributed by atoms with Gasteiger partial charge < -0.3 is 16.2 Å². The van der Waals surface area contributed by atoms with E-state index in [0.717, 1.165) is 5.56 Å². The van der Waals surface area contributed by atoms with Gasteiger partial charge in [0, 0.05) is 0 Å². The lowest BCUT2D eigenvalue weighted by Gasteiger charge is -2.13. The first-order valence-corrected chi connectivity index (χ1v) is 6.73. The Labute approximate surface area is 123 Å². The van der Waals surface area contributed by atoms with Crippen LogP contribution in [-0.2, 0) is 0 Å². The van der Waals surface area contributed by atoms with E-state index in [-0.39, 0.29) is 11.6 Å². The Bertz CT molecular complexity index is 681. The fourth-order valence-corrected chi connectivity index (χ4v) is 2.14. The molecule has 2 aromatic rings. The van der Waals surface area contributed by atoms with E-state index >= 15 is 0 Å². The van der Waals surface area contributed by atoms with Gasteiger partial charge in [0.25, 0.3) is 5.91 Å². The van der Waals surface area contributed by atoms with Crippen LogP contribution in [-0.4, -0.2) is 10.9 Å². The van der Waals surface area contributed by atoms with Crippen molar-refractivity contribution < 1.29 is 9.53 Å². The van der Waals surface area contributed by atoms with Gasteiger partial charge in [0.05, 0.1) is 5.69 Å². The summed E-state index contributed by atoms with van der Waals surface area (Å²) in [5.41, 5.74) is 13.9. The second-order valence-electron chi connectivity index (χ2n) is 5.23. The van der Waals surface area contributed by atoms with Crippen LogP contribution in [0.4, 0.5) is 5.69 Å². The van der Waals surface area contributed by atoms with Crippen LogP contribution >= 0.6 is 0 Å². The van der Waals surface area contributed by atoms with E-state index in [2.05, 4.69) is 18.8 Å². The van der Waals surface area contributed by atoms with Crippen molar-refractivity contribution in [2.75, 3.05) is 5.73 Å². The van der Waals surface area contributed by atoms with Gasteiger partial charge in [-0.2, -0.15) is 0 Å². The largest absolute Gasteiger partial charge is 0.437 e. The molecule has 0 radical (unpaired) electrons. The number of aryl methyl sites for hydroxylation is 1. The predicted molar refractivity (Wildman–Crippen MR) is 82.5 cm³/mol. The minimum absolute atomic E-state index is 0.120. The number of pyridine rings is 1. The zero-order valence-corrected chi connectivity index (χ0v) is 12.4. The quantitative estimate of drug-likeness (QED) is 0.903. The Hall–Kier alpha value is -2.56. The summed E-state index contributed by atoms with van der Waals surface area (Å²) in [6.07, 6.45) is 0. The normalized spacial score (nSPS) is 10.7. The zero-order chi connectivity index (χ0) is 15.6. The number of ether oxygens (including phenoxy) is 1. The number of rotatable bonds is 4. The molecule has 1 aromatic carbocycles. The molecule has 110 valence electrons. The van der Waals surface area contributed by atoms with Gasteiger partial charge in [-0.15, -0.1) is 0 Å². The minimum atomic E-state index is -0.619. The number of hydrogen-bond donors (Lipinski definition) is 2. The van der Waals surface area contributed by atoms with E-state index in [1.54, 1.807) is 6.07 Å². The van der Waals surface area contributed by atoms with Crippen LogP contribution in [0.5, 0.6) is 11.6 Å². The van der Waals surface area contributed by atoms with Gasteiger partial charge in [-0.3, -0.25) is 4.79 Å². The number of hydrogen-bond acceptors (Lipinski definition) is 4. The van der Waals surface area contributed by atoms with Gasteiger partial charge in [-0.05, 0) is 48.2 Å². The molecule has 5 nitrogen and oxygen atoms in total. The molecular weight excluding hydrogens is 266 g/mol. The van der Waals surface area contributed by atoms with Gasteiger partial charge in [0.15, 0.2) is 0 Å². The third-order valence-corrected chi connectivity index (χ3v) is 3.22. The lowest BCUT2D eigenvalue weighted by molar-refractivity contribution is 0.0995. The highest BCUT2D eigenvalue weighted by Crippen LogP contribution is 2.29. The number of nitrogens with zero attached hydrogens (tertiary/aromatic N) is 1. The Balaban J connectivity index is 2.32. The van der Waals surface area contributed by atoms with Crippen LogP contribution in [0, 0.1) is 6.92 Å². The highest BCUT2D eigenvalue weighted by atomic mass is 16.5. The molecule has 1 amide bonds. The first-order chi connectivity index (χ1) is 9.88. The molecule has 0 aliphatic heterocycles. The maximum absolute atomic E-state index is 11.2. The van der Waals surface area contributed by atoms with Gasteiger partial charge in [0.1, 0.15) is 11.4 Å². The lowest BCUT2D eigenvalue weighted by atomic mass is 9.98. The van der Waals surface area contributed by atoms with Gasteiger partial charge >= 0.3 is 0 Å². The lowest BCUT2D eigenvalue weighted by Crippen LogP contribution is -2.13. The van der Waals surface area contributed by atoms with E-state index in [9.17, 15) is 4.79 Å². The summed E-state index contributed by atoms with van der Waals surface area (Å²) < 4.78 is 5.67. The second-order valence-corrected chi connectivity index (χ2v) is 5.23. The molecule has 1 aromatic heterocycles. The van der Waals surface area contributed by atoms with Crippen LogP contribution in [0.3, 0.4) is 0 Å². The molecule has 1 heterocycles. The predicted octanol–water partition coefficient (Wildman–Crippen LogP) is 2.99. The molecule has 0 bridgehead atoms. The Kier molecular flexibility index (Phi) is 4.12. The average molecular weight is 285 g/mol. The smallest absolute Gasteiger partial charge is 0.267 e. The molecule has 5 heteroatoms. The van der Waals surface area contributed by atoms with Crippen molar-refractivity contribution in [1.29, 1.82) is 0 Å². The number of carbonyl (C=O) groups is 1. The summed E-state index contributed by atoms with van der Waals surface area (Å²) in [5.74, 6) is 0.632. The zero-order valence-electron chi connectivity index (χ0n) is 12.4. The summed E-state index contributed by atoms with van der Waals surface area (Å²) >= 11 is 0. The highest BCUT2D eigenvalue weighted by molar-refractivity contribution is 5.91. The van der Waals surface area contributed by atoms with Crippen LogP contribution in [0.15, 0.2) is 30.3 Å².